The number of aliphatic hydroxyl groups excluding tert-OH is 1. The summed E-state index contributed by atoms with van der Waals surface area (Å²) in [5, 5.41) is 16.4. The van der Waals surface area contributed by atoms with Crippen LogP contribution in [-0.4, -0.2) is 47.8 Å². The number of carbonyl (C=O) groups is 1. The van der Waals surface area contributed by atoms with Gasteiger partial charge in [-0.3, -0.25) is 4.79 Å². The van der Waals surface area contributed by atoms with Crippen molar-refractivity contribution in [3.05, 3.63) is 0 Å². The Morgan fingerprint density at radius 3 is 2.72 bits per heavy atom. The first-order valence-corrected chi connectivity index (χ1v) is 7.90. The predicted octanol–water partition coefficient (Wildman–Crippen LogP) is 0.995. The molecule has 1 saturated heterocycles. The van der Waals surface area contributed by atoms with Crippen LogP contribution in [0.25, 0.3) is 0 Å². The first-order valence-electron chi connectivity index (χ1n) is 6.85. The number of hydrogen-bond donors (Lipinski definition) is 3. The highest BCUT2D eigenvalue weighted by molar-refractivity contribution is 8.00. The van der Waals surface area contributed by atoms with Crippen LogP contribution < -0.4 is 10.6 Å². The summed E-state index contributed by atoms with van der Waals surface area (Å²) in [6, 6.07) is 0. The number of carbonyl (C=O) groups excluding carboxylic acids is 1. The zero-order chi connectivity index (χ0) is 13.4. The predicted molar refractivity (Wildman–Crippen MR) is 76.8 cm³/mol. The summed E-state index contributed by atoms with van der Waals surface area (Å²) >= 11 is 1.74. The largest absolute Gasteiger partial charge is 0.391 e. The molecule has 1 atom stereocenters. The normalized spacial score (nSPS) is 18.9. The topological polar surface area (TPSA) is 61.4 Å². The molecular weight excluding hydrogens is 248 g/mol. The van der Waals surface area contributed by atoms with Crippen LogP contribution in [-0.2, 0) is 4.79 Å². The number of nitrogens with one attached hydrogen (secondary N) is 2. The van der Waals surface area contributed by atoms with Gasteiger partial charge in [0.25, 0.3) is 0 Å². The van der Waals surface area contributed by atoms with Crippen LogP contribution >= 0.6 is 11.8 Å². The van der Waals surface area contributed by atoms with E-state index in [1.54, 1.807) is 11.8 Å². The molecule has 1 heterocycles. The molecule has 3 N–H and O–H groups in total. The second kappa shape index (κ2) is 8.77. The van der Waals surface area contributed by atoms with Crippen molar-refractivity contribution in [2.75, 3.05) is 25.4 Å². The van der Waals surface area contributed by atoms with E-state index in [1.165, 1.54) is 0 Å². The van der Waals surface area contributed by atoms with Gasteiger partial charge in [0.15, 0.2) is 0 Å². The fourth-order valence-electron chi connectivity index (χ4n) is 2.07. The third-order valence-electron chi connectivity index (χ3n) is 3.01. The third kappa shape index (κ3) is 7.24. The van der Waals surface area contributed by atoms with E-state index in [2.05, 4.69) is 24.5 Å². The Balaban J connectivity index is 2.06. The molecule has 18 heavy (non-hydrogen) atoms. The Hall–Kier alpha value is -0.260. The highest BCUT2D eigenvalue weighted by Crippen LogP contribution is 2.19. The lowest BCUT2D eigenvalue weighted by Gasteiger charge is -2.21. The fraction of sp³-hybridized carbons (Fsp3) is 0.923. The van der Waals surface area contributed by atoms with E-state index in [0.717, 1.165) is 32.4 Å². The summed E-state index contributed by atoms with van der Waals surface area (Å²) in [5.41, 5.74) is 0. The second-order valence-electron chi connectivity index (χ2n) is 5.35. The Labute approximate surface area is 114 Å². The van der Waals surface area contributed by atoms with Crippen molar-refractivity contribution < 1.29 is 9.90 Å². The smallest absolute Gasteiger partial charge is 0.230 e. The minimum absolute atomic E-state index is 0.0429. The molecule has 0 saturated carbocycles. The second-order valence-corrected chi connectivity index (χ2v) is 6.64. The molecule has 0 radical (unpaired) electrons. The summed E-state index contributed by atoms with van der Waals surface area (Å²) in [6.07, 6.45) is 2.61. The zero-order valence-corrected chi connectivity index (χ0v) is 12.3. The summed E-state index contributed by atoms with van der Waals surface area (Å²) in [6.45, 7) is 6.64. The lowest BCUT2D eigenvalue weighted by Crippen LogP contribution is -2.35. The van der Waals surface area contributed by atoms with Gasteiger partial charge in [-0.1, -0.05) is 13.8 Å². The van der Waals surface area contributed by atoms with E-state index in [4.69, 9.17) is 0 Å². The Morgan fingerprint density at radius 1 is 1.44 bits per heavy atom. The molecule has 1 aliphatic rings. The van der Waals surface area contributed by atoms with Gasteiger partial charge in [0.2, 0.25) is 5.91 Å². The first kappa shape index (κ1) is 15.8. The highest BCUT2D eigenvalue weighted by Gasteiger charge is 2.15. The van der Waals surface area contributed by atoms with Gasteiger partial charge in [0.1, 0.15) is 0 Å². The Bertz CT molecular complexity index is 243. The first-order chi connectivity index (χ1) is 8.58. The van der Waals surface area contributed by atoms with Crippen LogP contribution in [0.5, 0.6) is 0 Å². The number of amides is 1. The third-order valence-corrected chi connectivity index (χ3v) is 4.39. The lowest BCUT2D eigenvalue weighted by atomic mass is 10.1. The molecule has 1 amide bonds. The molecular formula is C13H26N2O2S. The summed E-state index contributed by atoms with van der Waals surface area (Å²) in [4.78, 5) is 11.6. The van der Waals surface area contributed by atoms with Gasteiger partial charge < -0.3 is 15.7 Å². The van der Waals surface area contributed by atoms with Gasteiger partial charge >= 0.3 is 0 Å². The van der Waals surface area contributed by atoms with E-state index in [-0.39, 0.29) is 5.91 Å². The monoisotopic (exact) mass is 274 g/mol. The number of hydrogen-bond acceptors (Lipinski definition) is 4. The van der Waals surface area contributed by atoms with Crippen molar-refractivity contribution >= 4 is 17.7 Å². The van der Waals surface area contributed by atoms with E-state index < -0.39 is 6.10 Å². The van der Waals surface area contributed by atoms with Gasteiger partial charge in [-0.15, -0.1) is 11.8 Å². The van der Waals surface area contributed by atoms with Crippen molar-refractivity contribution in [2.45, 2.75) is 44.5 Å². The van der Waals surface area contributed by atoms with Crippen LogP contribution in [0.1, 0.15) is 33.1 Å². The van der Waals surface area contributed by atoms with Gasteiger partial charge in [0.05, 0.1) is 11.9 Å². The van der Waals surface area contributed by atoms with Crippen LogP contribution in [0, 0.1) is 5.92 Å². The lowest BCUT2D eigenvalue weighted by molar-refractivity contribution is -0.119. The Morgan fingerprint density at radius 2 is 2.11 bits per heavy atom. The van der Waals surface area contributed by atoms with Crippen LogP contribution in [0.3, 0.4) is 0 Å². The van der Waals surface area contributed by atoms with E-state index in [0.29, 0.717) is 23.5 Å². The molecule has 0 aromatic rings. The van der Waals surface area contributed by atoms with E-state index in [1.807, 2.05) is 0 Å². The van der Waals surface area contributed by atoms with Gasteiger partial charge in [0, 0.05) is 11.8 Å². The van der Waals surface area contributed by atoms with Crippen LogP contribution in [0.2, 0.25) is 0 Å². The quantitative estimate of drug-likeness (QED) is 0.648. The molecule has 0 aliphatic carbocycles. The van der Waals surface area contributed by atoms with Crippen molar-refractivity contribution in [3.8, 4) is 0 Å². The molecule has 5 heteroatoms. The maximum Gasteiger partial charge on any atom is 0.230 e. The zero-order valence-electron chi connectivity index (χ0n) is 11.4. The minimum atomic E-state index is -0.419. The molecule has 1 rings (SSSR count). The molecule has 0 spiro atoms. The molecule has 0 aromatic carbocycles. The molecule has 0 aromatic heterocycles. The Kier molecular flexibility index (Phi) is 7.70. The SMILES string of the molecule is CC(C)CC(O)CNC(=O)CSC1CCNCC1. The molecule has 1 aliphatic heterocycles. The molecule has 1 unspecified atom stereocenters. The molecule has 1 fully saturated rings. The van der Waals surface area contributed by atoms with E-state index >= 15 is 0 Å². The molecule has 4 nitrogen and oxygen atoms in total. The minimum Gasteiger partial charge on any atom is -0.391 e. The van der Waals surface area contributed by atoms with Gasteiger partial charge in [-0.2, -0.15) is 0 Å². The molecule has 0 bridgehead atoms. The molecule has 106 valence electrons. The van der Waals surface area contributed by atoms with Crippen molar-refractivity contribution in [1.82, 2.24) is 10.6 Å². The van der Waals surface area contributed by atoms with Crippen molar-refractivity contribution in [3.63, 3.8) is 0 Å². The number of rotatable bonds is 7. The van der Waals surface area contributed by atoms with Crippen LogP contribution in [0.4, 0.5) is 0 Å². The summed E-state index contributed by atoms with van der Waals surface area (Å²) in [5.74, 6) is 1.02. The van der Waals surface area contributed by atoms with Crippen molar-refractivity contribution in [1.29, 1.82) is 0 Å². The van der Waals surface area contributed by atoms with Gasteiger partial charge in [-0.25, -0.2) is 0 Å². The summed E-state index contributed by atoms with van der Waals surface area (Å²) < 4.78 is 0. The number of aliphatic hydroxyl groups is 1. The fourth-order valence-corrected chi connectivity index (χ4v) is 3.12. The van der Waals surface area contributed by atoms with E-state index in [9.17, 15) is 9.90 Å². The maximum absolute atomic E-state index is 11.6. The standard InChI is InChI=1S/C13H26N2O2S/c1-10(2)7-11(16)8-15-13(17)9-18-12-3-5-14-6-4-12/h10-12,14,16H,3-9H2,1-2H3,(H,15,17). The average Bonchev–Trinajstić information content (AvgIpc) is 2.34. The number of thioether (sulfide) groups is 1. The average molecular weight is 274 g/mol. The van der Waals surface area contributed by atoms with Crippen LogP contribution in [0.15, 0.2) is 0 Å². The summed E-state index contributed by atoms with van der Waals surface area (Å²) in [7, 11) is 0. The van der Waals surface area contributed by atoms with Gasteiger partial charge in [-0.05, 0) is 38.3 Å². The maximum atomic E-state index is 11.6. The van der Waals surface area contributed by atoms with Crippen molar-refractivity contribution in [2.24, 2.45) is 5.92 Å². The number of piperidine rings is 1. The highest BCUT2D eigenvalue weighted by atomic mass is 32.2.